The Morgan fingerprint density at radius 3 is 2.33 bits per heavy atom. The van der Waals surface area contributed by atoms with Crippen molar-refractivity contribution in [2.24, 2.45) is 18.9 Å². The second-order valence-electron chi connectivity index (χ2n) is 8.08. The van der Waals surface area contributed by atoms with Crippen LogP contribution < -0.4 is 20.1 Å². The van der Waals surface area contributed by atoms with E-state index in [2.05, 4.69) is 26.9 Å². The molecule has 4 heterocycles. The number of para-hydroxylation sites is 2. The molecule has 0 bridgehead atoms. The molecule has 0 amide bonds. The summed E-state index contributed by atoms with van der Waals surface area (Å²) >= 11 is 0. The van der Waals surface area contributed by atoms with Gasteiger partial charge in [0.05, 0.1) is 18.5 Å². The highest BCUT2D eigenvalue weighted by atomic mass is 16.5. The zero-order valence-electron chi connectivity index (χ0n) is 17.2. The fourth-order valence-corrected chi connectivity index (χ4v) is 4.72. The third-order valence-corrected chi connectivity index (χ3v) is 6.28. The molecule has 0 N–H and O–H groups in total. The van der Waals surface area contributed by atoms with Gasteiger partial charge in [-0.15, -0.1) is 0 Å². The third kappa shape index (κ3) is 3.20. The van der Waals surface area contributed by atoms with E-state index >= 15 is 0 Å². The van der Waals surface area contributed by atoms with Gasteiger partial charge in [-0.2, -0.15) is 0 Å². The van der Waals surface area contributed by atoms with E-state index in [0.717, 1.165) is 49.1 Å². The Hall–Kier alpha value is -3.35. The molecule has 0 saturated carbocycles. The minimum atomic E-state index is -0.0421. The number of hydrogen-bond donors (Lipinski definition) is 0. The van der Waals surface area contributed by atoms with Crippen molar-refractivity contribution in [2.45, 2.75) is 0 Å². The summed E-state index contributed by atoms with van der Waals surface area (Å²) in [5.74, 6) is 2.74. The molecule has 2 saturated heterocycles. The molecule has 7 nitrogen and oxygen atoms in total. The molecule has 2 unspecified atom stereocenters. The SMILES string of the molecule is COc1ccccc1N1CC2CN(c3nc(-c4ccncc4)cc(=O)n3C)CC2C1. The zero-order chi connectivity index (χ0) is 20.7. The van der Waals surface area contributed by atoms with Gasteiger partial charge in [0.25, 0.3) is 5.56 Å². The van der Waals surface area contributed by atoms with Gasteiger partial charge in [0.15, 0.2) is 0 Å². The maximum Gasteiger partial charge on any atom is 0.255 e. The van der Waals surface area contributed by atoms with Gasteiger partial charge in [-0.05, 0) is 24.3 Å². The van der Waals surface area contributed by atoms with Gasteiger partial charge >= 0.3 is 0 Å². The molecule has 2 aliphatic heterocycles. The standard InChI is InChI=1S/C23H25N5O2/c1-26-22(29)11-19(16-7-9-24-10-8-16)25-23(26)28-14-17-12-27(13-18(17)15-28)20-5-3-4-6-21(20)30-2/h3-11,17-18H,12-15H2,1-2H3. The average Bonchev–Trinajstić information content (AvgIpc) is 3.35. The molecule has 3 aromatic rings. The van der Waals surface area contributed by atoms with Gasteiger partial charge in [0.1, 0.15) is 5.75 Å². The molecule has 30 heavy (non-hydrogen) atoms. The first-order valence-electron chi connectivity index (χ1n) is 10.3. The molecule has 5 rings (SSSR count). The Kier molecular flexibility index (Phi) is 4.65. The molecule has 7 heteroatoms. The van der Waals surface area contributed by atoms with Crippen LogP contribution in [0.2, 0.25) is 0 Å². The lowest BCUT2D eigenvalue weighted by molar-refractivity contribution is 0.414. The lowest BCUT2D eigenvalue weighted by Gasteiger charge is -2.26. The van der Waals surface area contributed by atoms with Crippen molar-refractivity contribution < 1.29 is 4.74 Å². The average molecular weight is 403 g/mol. The highest BCUT2D eigenvalue weighted by Gasteiger charge is 2.41. The van der Waals surface area contributed by atoms with Gasteiger partial charge < -0.3 is 14.5 Å². The topological polar surface area (TPSA) is 63.5 Å². The lowest BCUT2D eigenvalue weighted by atomic mass is 10.0. The molecular weight excluding hydrogens is 378 g/mol. The van der Waals surface area contributed by atoms with Gasteiger partial charge in [-0.3, -0.25) is 14.3 Å². The van der Waals surface area contributed by atoms with Crippen molar-refractivity contribution in [2.75, 3.05) is 43.1 Å². The monoisotopic (exact) mass is 403 g/mol. The zero-order valence-corrected chi connectivity index (χ0v) is 17.2. The minimum absolute atomic E-state index is 0.0421. The Labute approximate surface area is 175 Å². The van der Waals surface area contributed by atoms with Gasteiger partial charge in [0.2, 0.25) is 5.95 Å². The molecule has 2 atom stereocenters. The van der Waals surface area contributed by atoms with Crippen LogP contribution in [0.3, 0.4) is 0 Å². The first-order valence-corrected chi connectivity index (χ1v) is 10.3. The van der Waals surface area contributed by atoms with Gasteiger partial charge in [-0.25, -0.2) is 4.98 Å². The third-order valence-electron chi connectivity index (χ3n) is 6.28. The largest absolute Gasteiger partial charge is 0.495 e. The number of anilines is 2. The van der Waals surface area contributed by atoms with E-state index in [0.29, 0.717) is 17.5 Å². The highest BCUT2D eigenvalue weighted by molar-refractivity contribution is 5.61. The second kappa shape index (κ2) is 7.48. The van der Waals surface area contributed by atoms with Crippen LogP contribution in [0.25, 0.3) is 11.3 Å². The maximum atomic E-state index is 12.6. The van der Waals surface area contributed by atoms with Crippen molar-refractivity contribution >= 4 is 11.6 Å². The number of fused-ring (bicyclic) bond motifs is 1. The summed E-state index contributed by atoms with van der Waals surface area (Å²) < 4.78 is 7.21. The van der Waals surface area contributed by atoms with Gasteiger partial charge in [-0.1, -0.05) is 12.1 Å². The molecule has 0 spiro atoms. The van der Waals surface area contributed by atoms with E-state index in [4.69, 9.17) is 9.72 Å². The van der Waals surface area contributed by atoms with Crippen molar-refractivity contribution in [3.63, 3.8) is 0 Å². The van der Waals surface area contributed by atoms with Gasteiger partial charge in [0, 0.05) is 69.1 Å². The molecular formula is C23H25N5O2. The van der Waals surface area contributed by atoms with Crippen LogP contribution in [0.5, 0.6) is 5.75 Å². The summed E-state index contributed by atoms with van der Waals surface area (Å²) in [6, 6.07) is 13.6. The van der Waals surface area contributed by atoms with E-state index in [1.54, 1.807) is 37.2 Å². The van der Waals surface area contributed by atoms with E-state index in [1.807, 2.05) is 24.3 Å². The van der Waals surface area contributed by atoms with Crippen molar-refractivity contribution in [3.05, 3.63) is 65.2 Å². The summed E-state index contributed by atoms with van der Waals surface area (Å²) in [6.45, 7) is 3.77. The van der Waals surface area contributed by atoms with Crippen LogP contribution in [-0.4, -0.2) is 47.8 Å². The smallest absolute Gasteiger partial charge is 0.255 e. The van der Waals surface area contributed by atoms with Crippen LogP contribution in [-0.2, 0) is 7.05 Å². The fourth-order valence-electron chi connectivity index (χ4n) is 4.72. The molecule has 2 aromatic heterocycles. The van der Waals surface area contributed by atoms with Crippen molar-refractivity contribution in [3.8, 4) is 17.0 Å². The molecule has 0 aliphatic carbocycles. The van der Waals surface area contributed by atoms with E-state index in [9.17, 15) is 4.79 Å². The van der Waals surface area contributed by atoms with E-state index in [-0.39, 0.29) is 5.56 Å². The number of ether oxygens (including phenoxy) is 1. The summed E-state index contributed by atoms with van der Waals surface area (Å²) in [7, 11) is 3.52. The molecule has 2 aliphatic rings. The lowest BCUT2D eigenvalue weighted by Crippen LogP contribution is -2.33. The Morgan fingerprint density at radius 2 is 1.63 bits per heavy atom. The highest BCUT2D eigenvalue weighted by Crippen LogP contribution is 2.38. The van der Waals surface area contributed by atoms with Crippen molar-refractivity contribution in [1.82, 2.24) is 14.5 Å². The molecule has 1 aromatic carbocycles. The molecule has 0 radical (unpaired) electrons. The first kappa shape index (κ1) is 18.7. The summed E-state index contributed by atoms with van der Waals surface area (Å²) in [5, 5.41) is 0. The number of pyridine rings is 1. The number of rotatable bonds is 4. The summed E-state index contributed by atoms with van der Waals surface area (Å²) in [5.41, 5.74) is 2.72. The van der Waals surface area contributed by atoms with Crippen LogP contribution in [0.15, 0.2) is 59.7 Å². The number of hydrogen-bond acceptors (Lipinski definition) is 6. The van der Waals surface area contributed by atoms with Crippen LogP contribution >= 0.6 is 0 Å². The van der Waals surface area contributed by atoms with Crippen LogP contribution in [0.4, 0.5) is 11.6 Å². The minimum Gasteiger partial charge on any atom is -0.495 e. The van der Waals surface area contributed by atoms with E-state index < -0.39 is 0 Å². The first-order chi connectivity index (χ1) is 14.6. The Morgan fingerprint density at radius 1 is 0.967 bits per heavy atom. The Balaban J connectivity index is 1.38. The van der Waals surface area contributed by atoms with Crippen LogP contribution in [0, 0.1) is 11.8 Å². The predicted molar refractivity (Wildman–Crippen MR) is 117 cm³/mol. The number of nitrogens with zero attached hydrogens (tertiary/aromatic N) is 5. The maximum absolute atomic E-state index is 12.6. The quantitative estimate of drug-likeness (QED) is 0.667. The second-order valence-corrected chi connectivity index (χ2v) is 8.08. The van der Waals surface area contributed by atoms with Crippen molar-refractivity contribution in [1.29, 1.82) is 0 Å². The van der Waals surface area contributed by atoms with E-state index in [1.165, 1.54) is 0 Å². The fraction of sp³-hybridized carbons (Fsp3) is 0.348. The number of aromatic nitrogens is 3. The Bertz CT molecular complexity index is 1100. The molecule has 154 valence electrons. The summed E-state index contributed by atoms with van der Waals surface area (Å²) in [4.78, 5) is 26.2. The molecule has 2 fully saturated rings. The normalized spacial score (nSPS) is 20.5. The number of methoxy groups -OCH3 is 1. The predicted octanol–water partition coefficient (Wildman–Crippen LogP) is 2.42. The summed E-state index contributed by atoms with van der Waals surface area (Å²) in [6.07, 6.45) is 3.45. The van der Waals surface area contributed by atoms with Crippen LogP contribution in [0.1, 0.15) is 0 Å². The number of benzene rings is 1.